The SMILES string of the molecule is Cc1ccc(S(C)(=O)=O)cc1C(=O)N1CCN(c2ccc(C#N)cc2F)CC1. The van der Waals surface area contributed by atoms with E-state index in [0.29, 0.717) is 43.0 Å². The minimum atomic E-state index is -3.41. The first-order chi connectivity index (χ1) is 13.2. The summed E-state index contributed by atoms with van der Waals surface area (Å²) >= 11 is 0. The molecular formula is C20H20FN3O3S. The third-order valence-corrected chi connectivity index (χ3v) is 5.96. The van der Waals surface area contributed by atoms with E-state index >= 15 is 0 Å². The molecule has 6 nitrogen and oxygen atoms in total. The number of sulfone groups is 1. The maximum Gasteiger partial charge on any atom is 0.254 e. The second-order valence-corrected chi connectivity index (χ2v) is 8.82. The molecule has 1 aliphatic heterocycles. The molecule has 8 heteroatoms. The van der Waals surface area contributed by atoms with Gasteiger partial charge in [-0.25, -0.2) is 12.8 Å². The van der Waals surface area contributed by atoms with E-state index in [4.69, 9.17) is 5.26 Å². The lowest BCUT2D eigenvalue weighted by atomic mass is 10.1. The summed E-state index contributed by atoms with van der Waals surface area (Å²) < 4.78 is 37.8. The molecule has 1 amide bonds. The van der Waals surface area contributed by atoms with Crippen molar-refractivity contribution in [2.45, 2.75) is 11.8 Å². The minimum absolute atomic E-state index is 0.111. The average molecular weight is 401 g/mol. The molecule has 0 atom stereocenters. The fraction of sp³-hybridized carbons (Fsp3) is 0.300. The van der Waals surface area contributed by atoms with Crippen LogP contribution in [0.5, 0.6) is 0 Å². The molecule has 0 N–H and O–H groups in total. The number of carbonyl (C=O) groups excluding carboxylic acids is 1. The van der Waals surface area contributed by atoms with Gasteiger partial charge in [0.05, 0.1) is 22.2 Å². The molecule has 0 bridgehead atoms. The molecule has 0 saturated carbocycles. The summed E-state index contributed by atoms with van der Waals surface area (Å²) in [4.78, 5) is 16.5. The predicted octanol–water partition coefficient (Wildman–Crippen LogP) is 2.37. The van der Waals surface area contributed by atoms with E-state index in [2.05, 4.69) is 0 Å². The molecule has 146 valence electrons. The summed E-state index contributed by atoms with van der Waals surface area (Å²) in [5.41, 5.74) is 1.73. The number of benzene rings is 2. The third-order valence-electron chi connectivity index (χ3n) is 4.85. The van der Waals surface area contributed by atoms with E-state index in [-0.39, 0.29) is 16.4 Å². The molecule has 2 aromatic carbocycles. The molecule has 0 radical (unpaired) electrons. The van der Waals surface area contributed by atoms with Crippen molar-refractivity contribution in [2.75, 3.05) is 37.3 Å². The van der Waals surface area contributed by atoms with Crippen LogP contribution in [0.25, 0.3) is 0 Å². The molecule has 0 spiro atoms. The number of rotatable bonds is 3. The van der Waals surface area contributed by atoms with Crippen LogP contribution in [0.4, 0.5) is 10.1 Å². The Morgan fingerprint density at radius 3 is 2.36 bits per heavy atom. The third kappa shape index (κ3) is 3.99. The molecule has 3 rings (SSSR count). The van der Waals surface area contributed by atoms with Gasteiger partial charge in [-0.2, -0.15) is 5.26 Å². The van der Waals surface area contributed by atoms with Gasteiger partial charge in [0.25, 0.3) is 5.91 Å². The van der Waals surface area contributed by atoms with E-state index in [1.165, 1.54) is 18.2 Å². The Labute approximate surface area is 163 Å². The van der Waals surface area contributed by atoms with Crippen molar-refractivity contribution in [1.29, 1.82) is 5.26 Å². The van der Waals surface area contributed by atoms with Crippen LogP contribution in [-0.2, 0) is 9.84 Å². The molecule has 1 heterocycles. The molecular weight excluding hydrogens is 381 g/mol. The van der Waals surface area contributed by atoms with Gasteiger partial charge in [0.15, 0.2) is 9.84 Å². The van der Waals surface area contributed by atoms with Gasteiger partial charge in [-0.15, -0.1) is 0 Å². The van der Waals surface area contributed by atoms with Crippen LogP contribution in [0.1, 0.15) is 21.5 Å². The highest BCUT2D eigenvalue weighted by Gasteiger charge is 2.25. The lowest BCUT2D eigenvalue weighted by Crippen LogP contribution is -2.49. The van der Waals surface area contributed by atoms with Gasteiger partial charge in [-0.3, -0.25) is 4.79 Å². The summed E-state index contributed by atoms with van der Waals surface area (Å²) in [6.45, 7) is 3.43. The highest BCUT2D eigenvalue weighted by Crippen LogP contribution is 2.23. The number of piperazine rings is 1. The van der Waals surface area contributed by atoms with Crippen LogP contribution in [0, 0.1) is 24.1 Å². The largest absolute Gasteiger partial charge is 0.366 e. The van der Waals surface area contributed by atoms with Crippen molar-refractivity contribution in [3.05, 3.63) is 58.9 Å². The number of amides is 1. The normalized spacial score (nSPS) is 14.6. The number of hydrogen-bond donors (Lipinski definition) is 0. The van der Waals surface area contributed by atoms with Gasteiger partial charge < -0.3 is 9.80 Å². The average Bonchev–Trinajstić information content (AvgIpc) is 2.67. The number of nitrogens with zero attached hydrogens (tertiary/aromatic N) is 3. The summed E-state index contributed by atoms with van der Waals surface area (Å²) in [6.07, 6.45) is 1.11. The van der Waals surface area contributed by atoms with Crippen molar-refractivity contribution in [1.82, 2.24) is 4.90 Å². The van der Waals surface area contributed by atoms with Crippen molar-refractivity contribution in [2.24, 2.45) is 0 Å². The van der Waals surface area contributed by atoms with Crippen LogP contribution in [0.15, 0.2) is 41.3 Å². The van der Waals surface area contributed by atoms with E-state index in [0.717, 1.165) is 6.26 Å². The van der Waals surface area contributed by atoms with E-state index in [9.17, 15) is 17.6 Å². The zero-order chi connectivity index (χ0) is 20.5. The number of carbonyl (C=O) groups is 1. The topological polar surface area (TPSA) is 81.5 Å². The first-order valence-electron chi connectivity index (χ1n) is 8.75. The fourth-order valence-electron chi connectivity index (χ4n) is 3.22. The van der Waals surface area contributed by atoms with Crippen molar-refractivity contribution >= 4 is 21.4 Å². The lowest BCUT2D eigenvalue weighted by Gasteiger charge is -2.36. The Hall–Kier alpha value is -2.92. The molecule has 1 aliphatic rings. The van der Waals surface area contributed by atoms with Crippen LogP contribution in [-0.4, -0.2) is 51.7 Å². The minimum Gasteiger partial charge on any atom is -0.366 e. The van der Waals surface area contributed by atoms with Gasteiger partial charge in [0.1, 0.15) is 5.82 Å². The van der Waals surface area contributed by atoms with Crippen LogP contribution < -0.4 is 4.90 Å². The van der Waals surface area contributed by atoms with Crippen molar-refractivity contribution in [3.8, 4) is 6.07 Å². The zero-order valence-corrected chi connectivity index (χ0v) is 16.5. The number of anilines is 1. The summed E-state index contributed by atoms with van der Waals surface area (Å²) in [5.74, 6) is -0.696. The van der Waals surface area contributed by atoms with E-state index in [1.54, 1.807) is 30.0 Å². The first-order valence-corrected chi connectivity index (χ1v) is 10.6. The maximum absolute atomic E-state index is 14.2. The van der Waals surface area contributed by atoms with Gasteiger partial charge in [0.2, 0.25) is 0 Å². The number of nitriles is 1. The number of hydrogen-bond acceptors (Lipinski definition) is 5. The molecule has 1 fully saturated rings. The van der Waals surface area contributed by atoms with Crippen molar-refractivity contribution in [3.63, 3.8) is 0 Å². The zero-order valence-electron chi connectivity index (χ0n) is 15.6. The molecule has 2 aromatic rings. The Morgan fingerprint density at radius 2 is 1.79 bits per heavy atom. The molecule has 0 aliphatic carbocycles. The highest BCUT2D eigenvalue weighted by molar-refractivity contribution is 7.90. The van der Waals surface area contributed by atoms with Gasteiger partial charge in [-0.1, -0.05) is 6.07 Å². The summed E-state index contributed by atoms with van der Waals surface area (Å²) in [5, 5.41) is 8.85. The van der Waals surface area contributed by atoms with Gasteiger partial charge >= 0.3 is 0 Å². The molecule has 0 aromatic heterocycles. The second kappa shape index (κ2) is 7.60. The quantitative estimate of drug-likeness (QED) is 0.789. The number of aryl methyl sites for hydroxylation is 1. The van der Waals surface area contributed by atoms with Crippen LogP contribution in [0.3, 0.4) is 0 Å². The highest BCUT2D eigenvalue weighted by atomic mass is 32.2. The van der Waals surface area contributed by atoms with E-state index in [1.807, 2.05) is 11.0 Å². The summed E-state index contributed by atoms with van der Waals surface area (Å²) in [7, 11) is -3.41. The Kier molecular flexibility index (Phi) is 5.38. The number of halogens is 1. The second-order valence-electron chi connectivity index (χ2n) is 6.81. The van der Waals surface area contributed by atoms with Gasteiger partial charge in [0, 0.05) is 38.0 Å². The van der Waals surface area contributed by atoms with Crippen LogP contribution in [0.2, 0.25) is 0 Å². The lowest BCUT2D eigenvalue weighted by molar-refractivity contribution is 0.0745. The maximum atomic E-state index is 14.2. The fourth-order valence-corrected chi connectivity index (χ4v) is 3.86. The van der Waals surface area contributed by atoms with E-state index < -0.39 is 15.7 Å². The first kappa shape index (κ1) is 19.8. The Morgan fingerprint density at radius 1 is 1.11 bits per heavy atom. The van der Waals surface area contributed by atoms with Gasteiger partial charge in [-0.05, 0) is 42.8 Å². The predicted molar refractivity (Wildman–Crippen MR) is 104 cm³/mol. The molecule has 28 heavy (non-hydrogen) atoms. The molecule has 0 unspecified atom stereocenters. The monoisotopic (exact) mass is 401 g/mol. The Bertz CT molecular complexity index is 1070. The Balaban J connectivity index is 1.75. The van der Waals surface area contributed by atoms with Crippen molar-refractivity contribution < 1.29 is 17.6 Å². The smallest absolute Gasteiger partial charge is 0.254 e. The standard InChI is InChI=1S/C20H20FN3O3S/c1-14-3-5-16(28(2,26)27)12-17(14)20(25)24-9-7-23(8-10-24)19-6-4-15(13-22)11-18(19)21/h3-6,11-12H,7-10H2,1-2H3. The van der Waals surface area contributed by atoms with Crippen LogP contribution >= 0.6 is 0 Å². The summed E-state index contributed by atoms with van der Waals surface area (Å²) in [6, 6.07) is 10.8. The molecule has 1 saturated heterocycles.